The Morgan fingerprint density at radius 3 is 2.89 bits per heavy atom. The zero-order valence-electron chi connectivity index (χ0n) is 9.07. The number of aromatic amines is 2. The van der Waals surface area contributed by atoms with Crippen LogP contribution in [-0.2, 0) is 0 Å². The lowest BCUT2D eigenvalue weighted by atomic mass is 10.1. The molecule has 0 unspecified atom stereocenters. The molecule has 0 saturated carbocycles. The first kappa shape index (κ1) is 10.9. The van der Waals surface area contributed by atoms with Gasteiger partial charge in [0, 0.05) is 17.4 Å². The van der Waals surface area contributed by atoms with Crippen LogP contribution in [0.15, 0.2) is 28.0 Å². The van der Waals surface area contributed by atoms with Gasteiger partial charge in [-0.1, -0.05) is 23.7 Å². The SMILES string of the molecule is O=c1[nH]c(O)c(C=C2C=Nc3c(Cl)cccc32)[nH]1. The Bertz CT molecular complexity index is 740. The number of imidazole rings is 1. The van der Waals surface area contributed by atoms with Gasteiger partial charge in [0.25, 0.3) is 0 Å². The molecule has 6 heteroatoms. The topological polar surface area (TPSA) is 81.2 Å². The number of para-hydroxylation sites is 1. The molecule has 5 nitrogen and oxygen atoms in total. The van der Waals surface area contributed by atoms with Crippen LogP contribution in [0.25, 0.3) is 11.6 Å². The van der Waals surface area contributed by atoms with Gasteiger partial charge in [0.1, 0.15) is 5.69 Å². The predicted molar refractivity (Wildman–Crippen MR) is 70.6 cm³/mol. The van der Waals surface area contributed by atoms with Gasteiger partial charge in [-0.2, -0.15) is 0 Å². The molecule has 3 rings (SSSR count). The number of H-pyrrole nitrogens is 2. The predicted octanol–water partition coefficient (Wildman–Crippen LogP) is 2.32. The van der Waals surface area contributed by atoms with Crippen LogP contribution in [-0.4, -0.2) is 21.3 Å². The van der Waals surface area contributed by atoms with Crippen LogP contribution in [0.1, 0.15) is 11.3 Å². The minimum absolute atomic E-state index is 0.198. The highest BCUT2D eigenvalue weighted by Crippen LogP contribution is 2.38. The maximum atomic E-state index is 11.0. The van der Waals surface area contributed by atoms with Crippen LogP contribution < -0.4 is 5.69 Å². The van der Waals surface area contributed by atoms with E-state index in [0.717, 1.165) is 11.1 Å². The summed E-state index contributed by atoms with van der Waals surface area (Å²) in [6.07, 6.45) is 3.28. The first-order valence-electron chi connectivity index (χ1n) is 5.21. The monoisotopic (exact) mass is 261 g/mol. The molecule has 2 aromatic rings. The second kappa shape index (κ2) is 3.89. The molecular weight excluding hydrogens is 254 g/mol. The van der Waals surface area contributed by atoms with Crippen molar-refractivity contribution in [2.75, 3.05) is 0 Å². The van der Waals surface area contributed by atoms with E-state index in [-0.39, 0.29) is 5.88 Å². The first-order valence-corrected chi connectivity index (χ1v) is 5.59. The number of fused-ring (bicyclic) bond motifs is 1. The van der Waals surface area contributed by atoms with Crippen LogP contribution in [0.3, 0.4) is 0 Å². The molecule has 0 aliphatic carbocycles. The highest BCUT2D eigenvalue weighted by molar-refractivity contribution is 6.35. The summed E-state index contributed by atoms with van der Waals surface area (Å²) in [5, 5.41) is 10.1. The third kappa shape index (κ3) is 1.65. The Balaban J connectivity index is 2.13. The molecule has 90 valence electrons. The van der Waals surface area contributed by atoms with Crippen molar-refractivity contribution in [3.05, 3.63) is 45.0 Å². The quantitative estimate of drug-likeness (QED) is 0.736. The van der Waals surface area contributed by atoms with Gasteiger partial charge in [-0.15, -0.1) is 0 Å². The lowest BCUT2D eigenvalue weighted by molar-refractivity contribution is 0.454. The fourth-order valence-corrected chi connectivity index (χ4v) is 2.07. The summed E-state index contributed by atoms with van der Waals surface area (Å²) in [5.41, 5.74) is 2.19. The van der Waals surface area contributed by atoms with Crippen LogP contribution in [0.2, 0.25) is 5.02 Å². The molecule has 0 fully saturated rings. The maximum Gasteiger partial charge on any atom is 0.326 e. The molecule has 0 saturated heterocycles. The average Bonchev–Trinajstić information content (AvgIpc) is 2.86. The Labute approximate surface area is 106 Å². The third-order valence-electron chi connectivity index (χ3n) is 2.67. The largest absolute Gasteiger partial charge is 0.493 e. The van der Waals surface area contributed by atoms with Crippen molar-refractivity contribution >= 4 is 35.2 Å². The van der Waals surface area contributed by atoms with Crippen molar-refractivity contribution < 1.29 is 5.11 Å². The molecule has 18 heavy (non-hydrogen) atoms. The van der Waals surface area contributed by atoms with Gasteiger partial charge in [-0.25, -0.2) is 4.79 Å². The second-order valence-corrected chi connectivity index (χ2v) is 4.24. The van der Waals surface area contributed by atoms with Crippen LogP contribution >= 0.6 is 11.6 Å². The van der Waals surface area contributed by atoms with E-state index >= 15 is 0 Å². The van der Waals surface area contributed by atoms with E-state index in [1.165, 1.54) is 0 Å². The van der Waals surface area contributed by atoms with E-state index in [9.17, 15) is 9.90 Å². The lowest BCUT2D eigenvalue weighted by Crippen LogP contribution is -2.00. The third-order valence-corrected chi connectivity index (χ3v) is 2.97. The first-order chi connectivity index (χ1) is 8.65. The van der Waals surface area contributed by atoms with E-state index in [4.69, 9.17) is 11.6 Å². The van der Waals surface area contributed by atoms with Crippen molar-refractivity contribution in [2.45, 2.75) is 0 Å². The summed E-state index contributed by atoms with van der Waals surface area (Å²) >= 11 is 6.02. The number of hydrogen-bond donors (Lipinski definition) is 3. The minimum atomic E-state index is -0.458. The number of nitrogens with zero attached hydrogens (tertiary/aromatic N) is 1. The molecule has 0 radical (unpaired) electrons. The average molecular weight is 262 g/mol. The number of aliphatic imine (C=N–C) groups is 1. The molecule has 0 spiro atoms. The van der Waals surface area contributed by atoms with Gasteiger partial charge >= 0.3 is 5.69 Å². The van der Waals surface area contributed by atoms with Gasteiger partial charge in [0.15, 0.2) is 0 Å². The Morgan fingerprint density at radius 2 is 2.17 bits per heavy atom. The van der Waals surface area contributed by atoms with E-state index in [1.54, 1.807) is 18.4 Å². The molecule has 1 aromatic carbocycles. The molecule has 0 amide bonds. The number of allylic oxidation sites excluding steroid dienone is 1. The highest BCUT2D eigenvalue weighted by Gasteiger charge is 2.15. The molecule has 0 bridgehead atoms. The van der Waals surface area contributed by atoms with E-state index < -0.39 is 5.69 Å². The fraction of sp³-hybridized carbons (Fsp3) is 0. The Kier molecular flexibility index (Phi) is 2.34. The number of benzene rings is 1. The van der Waals surface area contributed by atoms with E-state index in [1.807, 2.05) is 12.1 Å². The van der Waals surface area contributed by atoms with Crippen LogP contribution in [0, 0.1) is 0 Å². The van der Waals surface area contributed by atoms with Gasteiger partial charge in [-0.05, 0) is 12.1 Å². The van der Waals surface area contributed by atoms with E-state index in [2.05, 4.69) is 15.0 Å². The standard InChI is InChI=1S/C12H8ClN3O2/c13-8-3-1-2-7-6(5-14-10(7)8)4-9-11(17)16-12(18)15-9/h1-5,17H,(H2,15,16,18). The summed E-state index contributed by atoms with van der Waals surface area (Å²) in [4.78, 5) is 20.0. The van der Waals surface area contributed by atoms with E-state index in [0.29, 0.717) is 16.4 Å². The number of nitrogens with one attached hydrogen (secondary N) is 2. The zero-order valence-corrected chi connectivity index (χ0v) is 9.82. The summed E-state index contributed by atoms with van der Waals surface area (Å²) in [5.74, 6) is -0.198. The molecule has 0 atom stereocenters. The number of aromatic nitrogens is 2. The number of rotatable bonds is 1. The summed E-state index contributed by atoms with van der Waals surface area (Å²) < 4.78 is 0. The van der Waals surface area contributed by atoms with Crippen LogP contribution in [0.4, 0.5) is 5.69 Å². The van der Waals surface area contributed by atoms with Crippen molar-refractivity contribution in [1.82, 2.24) is 9.97 Å². The number of aromatic hydroxyl groups is 1. The highest BCUT2D eigenvalue weighted by atomic mass is 35.5. The van der Waals surface area contributed by atoms with Crippen LogP contribution in [0.5, 0.6) is 5.88 Å². The molecule has 1 aliphatic heterocycles. The molecule has 3 N–H and O–H groups in total. The summed E-state index contributed by atoms with van der Waals surface area (Å²) in [6.45, 7) is 0. The minimum Gasteiger partial charge on any atom is -0.493 e. The normalized spacial score (nSPS) is 15.3. The van der Waals surface area contributed by atoms with Crippen molar-refractivity contribution in [3.63, 3.8) is 0 Å². The van der Waals surface area contributed by atoms with Crippen molar-refractivity contribution in [1.29, 1.82) is 0 Å². The Morgan fingerprint density at radius 1 is 1.33 bits per heavy atom. The summed E-state index contributed by atoms with van der Waals surface area (Å²) in [6, 6.07) is 5.46. The van der Waals surface area contributed by atoms with Crippen molar-refractivity contribution in [3.8, 4) is 5.88 Å². The molecule has 1 aliphatic rings. The fourth-order valence-electron chi connectivity index (χ4n) is 1.85. The van der Waals surface area contributed by atoms with Gasteiger partial charge in [0.05, 0.1) is 10.7 Å². The molecule has 1 aromatic heterocycles. The number of halogens is 1. The lowest BCUT2D eigenvalue weighted by Gasteiger charge is -2.00. The van der Waals surface area contributed by atoms with Gasteiger partial charge in [0.2, 0.25) is 5.88 Å². The zero-order chi connectivity index (χ0) is 12.7. The maximum absolute atomic E-state index is 11.0. The smallest absolute Gasteiger partial charge is 0.326 e. The second-order valence-electron chi connectivity index (χ2n) is 3.84. The van der Waals surface area contributed by atoms with Gasteiger partial charge < -0.3 is 10.1 Å². The number of hydrogen-bond acceptors (Lipinski definition) is 3. The Hall–Kier alpha value is -2.27. The van der Waals surface area contributed by atoms with Gasteiger partial charge in [-0.3, -0.25) is 9.98 Å². The summed E-state index contributed by atoms with van der Waals surface area (Å²) in [7, 11) is 0. The molecule has 2 heterocycles. The molecular formula is C12H8ClN3O2. The van der Waals surface area contributed by atoms with Crippen molar-refractivity contribution in [2.24, 2.45) is 4.99 Å².